The highest BCUT2D eigenvalue weighted by atomic mass is 35.5. The number of alkyl halides is 1. The molecular weight excluding hydrogens is 206 g/mol. The zero-order chi connectivity index (χ0) is 10.6. The van der Waals surface area contributed by atoms with Crippen molar-refractivity contribution in [3.8, 4) is 0 Å². The smallest absolute Gasteiger partial charge is 0.0700 e. The average molecular weight is 226 g/mol. The monoisotopic (exact) mass is 225 g/mol. The Bertz CT molecular complexity index is 116. The maximum Gasteiger partial charge on any atom is 0.0700 e. The Balaban J connectivity index is 2.98. The Morgan fingerprint density at radius 3 is 2.57 bits per heavy atom. The van der Waals surface area contributed by atoms with E-state index in [0.29, 0.717) is 26.4 Å². The van der Waals surface area contributed by atoms with Crippen LogP contribution in [0.4, 0.5) is 0 Å². The van der Waals surface area contributed by atoms with Crippen molar-refractivity contribution in [2.45, 2.75) is 5.38 Å². The first-order chi connectivity index (χ1) is 6.81. The minimum absolute atomic E-state index is 0.0268. The van der Waals surface area contributed by atoms with Crippen LogP contribution in [0.2, 0.25) is 0 Å². The number of ether oxygens (including phenoxy) is 3. The number of hydrogen-bond acceptors (Lipinski definition) is 4. The Kier molecular flexibility index (Phi) is 11.3. The van der Waals surface area contributed by atoms with Crippen molar-refractivity contribution in [2.75, 3.05) is 53.7 Å². The highest BCUT2D eigenvalue weighted by Gasteiger charge is 2.01. The minimum Gasteiger partial charge on any atom is -0.383 e. The quantitative estimate of drug-likeness (QED) is 0.434. The van der Waals surface area contributed by atoms with E-state index in [1.807, 2.05) is 0 Å². The van der Waals surface area contributed by atoms with Crippen molar-refractivity contribution in [3.63, 3.8) is 0 Å². The molecule has 1 atom stereocenters. The maximum absolute atomic E-state index is 5.90. The predicted octanol–water partition coefficient (Wildman–Crippen LogP) is 0.493. The first-order valence-electron chi connectivity index (χ1n) is 4.71. The van der Waals surface area contributed by atoms with Crippen LogP contribution in [0.3, 0.4) is 0 Å². The molecule has 0 saturated heterocycles. The fourth-order valence-electron chi connectivity index (χ4n) is 0.887. The lowest BCUT2D eigenvalue weighted by Crippen LogP contribution is -2.29. The minimum atomic E-state index is 0.0268. The molecule has 0 radical (unpaired) electrons. The van der Waals surface area contributed by atoms with Crippen LogP contribution in [0, 0.1) is 0 Å². The largest absolute Gasteiger partial charge is 0.383 e. The molecule has 0 aliphatic rings. The first-order valence-corrected chi connectivity index (χ1v) is 5.15. The van der Waals surface area contributed by atoms with Gasteiger partial charge in [0.1, 0.15) is 0 Å². The number of hydrogen-bond donors (Lipinski definition) is 1. The fourth-order valence-corrected chi connectivity index (χ4v) is 1.12. The van der Waals surface area contributed by atoms with Gasteiger partial charge in [0.05, 0.1) is 31.8 Å². The summed E-state index contributed by atoms with van der Waals surface area (Å²) in [7, 11) is 3.30. The molecular formula is C9H20ClNO3. The molecule has 14 heavy (non-hydrogen) atoms. The van der Waals surface area contributed by atoms with E-state index in [1.165, 1.54) is 0 Å². The zero-order valence-electron chi connectivity index (χ0n) is 8.92. The third-order valence-electron chi connectivity index (χ3n) is 1.57. The van der Waals surface area contributed by atoms with Gasteiger partial charge in [-0.2, -0.15) is 0 Å². The van der Waals surface area contributed by atoms with Gasteiger partial charge in [-0.25, -0.2) is 0 Å². The van der Waals surface area contributed by atoms with Gasteiger partial charge in [-0.15, -0.1) is 11.6 Å². The third kappa shape index (κ3) is 10.2. The lowest BCUT2D eigenvalue weighted by Gasteiger charge is -2.09. The molecule has 0 spiro atoms. The van der Waals surface area contributed by atoms with Crippen molar-refractivity contribution in [1.82, 2.24) is 5.32 Å². The van der Waals surface area contributed by atoms with Crippen molar-refractivity contribution in [3.05, 3.63) is 0 Å². The topological polar surface area (TPSA) is 39.7 Å². The summed E-state index contributed by atoms with van der Waals surface area (Å²) in [4.78, 5) is 0. The van der Waals surface area contributed by atoms with E-state index in [9.17, 15) is 0 Å². The van der Waals surface area contributed by atoms with Gasteiger partial charge in [-0.05, 0) is 0 Å². The normalized spacial score (nSPS) is 13.1. The predicted molar refractivity (Wildman–Crippen MR) is 57.1 cm³/mol. The first kappa shape index (κ1) is 14.1. The van der Waals surface area contributed by atoms with Gasteiger partial charge in [0.15, 0.2) is 0 Å². The Labute approximate surface area is 90.9 Å². The van der Waals surface area contributed by atoms with Gasteiger partial charge in [-0.1, -0.05) is 0 Å². The highest BCUT2D eigenvalue weighted by molar-refractivity contribution is 6.20. The summed E-state index contributed by atoms with van der Waals surface area (Å²) < 4.78 is 15.0. The molecule has 0 bridgehead atoms. The number of rotatable bonds is 10. The Hall–Kier alpha value is 0.130. The molecule has 0 aromatic carbocycles. The van der Waals surface area contributed by atoms with Crippen LogP contribution in [0.25, 0.3) is 0 Å². The molecule has 1 unspecified atom stereocenters. The summed E-state index contributed by atoms with van der Waals surface area (Å²) in [6, 6.07) is 0. The zero-order valence-corrected chi connectivity index (χ0v) is 9.68. The third-order valence-corrected chi connectivity index (χ3v) is 1.85. The van der Waals surface area contributed by atoms with Crippen molar-refractivity contribution >= 4 is 11.6 Å². The van der Waals surface area contributed by atoms with Gasteiger partial charge in [0.25, 0.3) is 0 Å². The molecule has 0 rings (SSSR count). The van der Waals surface area contributed by atoms with Crippen LogP contribution >= 0.6 is 11.6 Å². The second-order valence-corrected chi connectivity index (χ2v) is 3.48. The maximum atomic E-state index is 5.90. The SMILES string of the molecule is COCCOCCNCC(Cl)COC. The summed E-state index contributed by atoms with van der Waals surface area (Å²) >= 11 is 5.90. The van der Waals surface area contributed by atoms with E-state index in [-0.39, 0.29) is 5.38 Å². The lowest BCUT2D eigenvalue weighted by atomic mass is 10.4. The van der Waals surface area contributed by atoms with E-state index in [1.54, 1.807) is 14.2 Å². The van der Waals surface area contributed by atoms with E-state index in [0.717, 1.165) is 13.1 Å². The molecule has 0 aromatic rings. The summed E-state index contributed by atoms with van der Waals surface area (Å²) in [6.07, 6.45) is 0. The summed E-state index contributed by atoms with van der Waals surface area (Å²) in [5, 5.41) is 3.20. The van der Waals surface area contributed by atoms with Gasteiger partial charge in [0.2, 0.25) is 0 Å². The van der Waals surface area contributed by atoms with Crippen molar-refractivity contribution < 1.29 is 14.2 Å². The number of methoxy groups -OCH3 is 2. The molecule has 0 saturated carbocycles. The van der Waals surface area contributed by atoms with Crippen LogP contribution in [-0.2, 0) is 14.2 Å². The number of nitrogens with one attached hydrogen (secondary N) is 1. The van der Waals surface area contributed by atoms with E-state index >= 15 is 0 Å². The Morgan fingerprint density at radius 1 is 1.14 bits per heavy atom. The lowest BCUT2D eigenvalue weighted by molar-refractivity contribution is 0.0718. The molecule has 0 heterocycles. The standard InChI is InChI=1S/C9H20ClNO3/c1-12-5-6-14-4-3-11-7-9(10)8-13-2/h9,11H,3-8H2,1-2H3. The Morgan fingerprint density at radius 2 is 1.93 bits per heavy atom. The van der Waals surface area contributed by atoms with Gasteiger partial charge in [-0.3, -0.25) is 0 Å². The summed E-state index contributed by atoms with van der Waals surface area (Å²) in [5.74, 6) is 0. The van der Waals surface area contributed by atoms with Crippen molar-refractivity contribution in [1.29, 1.82) is 0 Å². The molecule has 86 valence electrons. The molecule has 0 aromatic heterocycles. The molecule has 0 aliphatic heterocycles. The van der Waals surface area contributed by atoms with Crippen LogP contribution in [0.1, 0.15) is 0 Å². The van der Waals surface area contributed by atoms with Gasteiger partial charge < -0.3 is 19.5 Å². The van der Waals surface area contributed by atoms with Gasteiger partial charge in [0, 0.05) is 27.3 Å². The number of halogens is 1. The van der Waals surface area contributed by atoms with Crippen LogP contribution in [0.5, 0.6) is 0 Å². The molecule has 0 amide bonds. The van der Waals surface area contributed by atoms with E-state index in [4.69, 9.17) is 25.8 Å². The molecule has 4 nitrogen and oxygen atoms in total. The second-order valence-electron chi connectivity index (χ2n) is 2.86. The van der Waals surface area contributed by atoms with Crippen LogP contribution in [-0.4, -0.2) is 59.1 Å². The fraction of sp³-hybridized carbons (Fsp3) is 1.00. The van der Waals surface area contributed by atoms with Crippen LogP contribution < -0.4 is 5.32 Å². The van der Waals surface area contributed by atoms with Crippen LogP contribution in [0.15, 0.2) is 0 Å². The molecule has 0 fully saturated rings. The van der Waals surface area contributed by atoms with E-state index in [2.05, 4.69) is 5.32 Å². The van der Waals surface area contributed by atoms with Crippen molar-refractivity contribution in [2.24, 2.45) is 0 Å². The molecule has 5 heteroatoms. The summed E-state index contributed by atoms with van der Waals surface area (Å²) in [6.45, 7) is 4.07. The average Bonchev–Trinajstić information content (AvgIpc) is 2.17. The summed E-state index contributed by atoms with van der Waals surface area (Å²) in [5.41, 5.74) is 0. The van der Waals surface area contributed by atoms with Gasteiger partial charge >= 0.3 is 0 Å². The second kappa shape index (κ2) is 11.2. The van der Waals surface area contributed by atoms with E-state index < -0.39 is 0 Å². The molecule has 1 N–H and O–H groups in total. The molecule has 0 aliphatic carbocycles. The highest BCUT2D eigenvalue weighted by Crippen LogP contribution is 1.92.